The lowest BCUT2D eigenvalue weighted by molar-refractivity contribution is -0.128. The molecule has 2 amide bonds. The Balaban J connectivity index is 1.13. The zero-order valence-electron chi connectivity index (χ0n) is 24.3. The van der Waals surface area contributed by atoms with Crippen LogP contribution >= 0.6 is 11.6 Å². The summed E-state index contributed by atoms with van der Waals surface area (Å²) in [5.74, 6) is -0.230. The average Bonchev–Trinajstić information content (AvgIpc) is 3.72. The van der Waals surface area contributed by atoms with Crippen LogP contribution in [0.1, 0.15) is 37.2 Å². The molecule has 1 aliphatic heterocycles. The smallest absolute Gasteiger partial charge is 0.274 e. The van der Waals surface area contributed by atoms with Crippen LogP contribution in [0, 0.1) is 5.41 Å². The highest BCUT2D eigenvalue weighted by molar-refractivity contribution is 6.32. The number of carbonyl (C=O) groups is 2. The molecule has 0 bridgehead atoms. The number of anilines is 2. The maximum absolute atomic E-state index is 13.2. The zero-order chi connectivity index (χ0) is 30.6. The molecule has 1 aromatic carbocycles. The van der Waals surface area contributed by atoms with Crippen LogP contribution in [0.3, 0.4) is 0 Å². The van der Waals surface area contributed by atoms with Crippen molar-refractivity contribution in [1.29, 1.82) is 0 Å². The first-order valence-electron chi connectivity index (χ1n) is 14.1. The summed E-state index contributed by atoms with van der Waals surface area (Å²) >= 11 is 6.50. The average molecular weight is 610 g/mol. The fraction of sp³-hybridized carbons (Fsp3) is 0.258. The number of amides is 2. The number of nitrogens with zero attached hydrogens (tertiary/aromatic N) is 7. The van der Waals surface area contributed by atoms with Crippen LogP contribution in [0.2, 0.25) is 5.02 Å². The van der Waals surface area contributed by atoms with Crippen molar-refractivity contribution in [3.63, 3.8) is 0 Å². The molecule has 0 unspecified atom stereocenters. The Labute approximate surface area is 256 Å². The molecule has 4 aromatic heterocycles. The molecule has 222 valence electrons. The van der Waals surface area contributed by atoms with E-state index < -0.39 is 5.91 Å². The zero-order valence-corrected chi connectivity index (χ0v) is 25.0. The van der Waals surface area contributed by atoms with Gasteiger partial charge < -0.3 is 20.1 Å². The molecule has 2 N–H and O–H groups in total. The van der Waals surface area contributed by atoms with Gasteiger partial charge in [-0.2, -0.15) is 5.10 Å². The molecular formula is C31H28ClN9O3. The molecule has 5 aromatic rings. The number of fused-ring (bicyclic) bond motifs is 2. The molecule has 0 atom stereocenters. The minimum atomic E-state index is -0.541. The van der Waals surface area contributed by atoms with Crippen molar-refractivity contribution in [1.82, 2.24) is 40.1 Å². The largest absolute Gasteiger partial charge is 0.353 e. The lowest BCUT2D eigenvalue weighted by atomic mass is 9.82. The van der Waals surface area contributed by atoms with Gasteiger partial charge in [0, 0.05) is 36.1 Å². The molecule has 2 aliphatic rings. The molecule has 44 heavy (non-hydrogen) atoms. The van der Waals surface area contributed by atoms with E-state index in [9.17, 15) is 9.59 Å². The monoisotopic (exact) mass is 609 g/mol. The molecule has 13 heteroatoms. The highest BCUT2D eigenvalue weighted by atomic mass is 35.5. The van der Waals surface area contributed by atoms with Gasteiger partial charge in [0.15, 0.2) is 16.9 Å². The standard InChI is InChI=1S/C31H28ClN9O3/c1-31(2)8-6-17-7-10-41(23(17)13-31)24(42)15-34-30(43)26-20-11-18(32)12-22(27(20)44-39-26)38-28-19(5-4-9-33-28)25-21-14-37-40(3)29(21)36-16-35-25/h4-6,8-9,11-12,14,16H,7,10,13,15H2,1-3H3,(H,33,38)(H,34,43). The molecule has 0 spiro atoms. The van der Waals surface area contributed by atoms with E-state index in [1.165, 1.54) is 11.9 Å². The van der Waals surface area contributed by atoms with E-state index in [0.717, 1.165) is 23.9 Å². The van der Waals surface area contributed by atoms with Gasteiger partial charge in [-0.3, -0.25) is 14.3 Å². The maximum atomic E-state index is 13.2. The molecule has 1 aliphatic carbocycles. The Bertz CT molecular complexity index is 2040. The first kappa shape index (κ1) is 27.7. The molecule has 5 heterocycles. The third-order valence-electron chi connectivity index (χ3n) is 7.96. The van der Waals surface area contributed by atoms with Crippen LogP contribution in [-0.2, 0) is 11.8 Å². The number of hydrogen-bond acceptors (Lipinski definition) is 9. The Morgan fingerprint density at radius 2 is 2.02 bits per heavy atom. The van der Waals surface area contributed by atoms with Crippen LogP contribution < -0.4 is 10.6 Å². The van der Waals surface area contributed by atoms with E-state index in [-0.39, 0.29) is 23.6 Å². The van der Waals surface area contributed by atoms with Crippen LogP contribution in [0.25, 0.3) is 33.3 Å². The topological polar surface area (TPSA) is 144 Å². The predicted octanol–water partition coefficient (Wildman–Crippen LogP) is 5.17. The summed E-state index contributed by atoms with van der Waals surface area (Å²) in [5.41, 5.74) is 5.01. The highest BCUT2D eigenvalue weighted by Gasteiger charge is 2.33. The summed E-state index contributed by atoms with van der Waals surface area (Å²) in [5, 5.41) is 15.9. The van der Waals surface area contributed by atoms with E-state index in [0.29, 0.717) is 50.9 Å². The summed E-state index contributed by atoms with van der Waals surface area (Å²) in [6.07, 6.45) is 10.7. The minimum absolute atomic E-state index is 0.0224. The highest BCUT2D eigenvalue weighted by Crippen LogP contribution is 2.40. The minimum Gasteiger partial charge on any atom is -0.353 e. The third-order valence-corrected chi connectivity index (χ3v) is 8.18. The van der Waals surface area contributed by atoms with E-state index in [4.69, 9.17) is 16.1 Å². The molecule has 0 radical (unpaired) electrons. The van der Waals surface area contributed by atoms with Crippen molar-refractivity contribution in [3.8, 4) is 11.3 Å². The number of carbonyl (C=O) groups excluding carboxylic acids is 2. The van der Waals surface area contributed by atoms with Crippen molar-refractivity contribution in [2.45, 2.75) is 26.7 Å². The number of aromatic nitrogens is 6. The van der Waals surface area contributed by atoms with Gasteiger partial charge in [-0.15, -0.1) is 0 Å². The van der Waals surface area contributed by atoms with Gasteiger partial charge in [0.1, 0.15) is 12.1 Å². The summed E-state index contributed by atoms with van der Waals surface area (Å²) in [7, 11) is 1.81. The normalized spacial score (nSPS) is 15.7. The summed E-state index contributed by atoms with van der Waals surface area (Å²) in [6.45, 7) is 4.72. The van der Waals surface area contributed by atoms with Crippen LogP contribution in [0.4, 0.5) is 11.5 Å². The number of nitrogens with one attached hydrogen (secondary N) is 2. The lowest BCUT2D eigenvalue weighted by Gasteiger charge is -2.30. The van der Waals surface area contributed by atoms with Crippen LogP contribution in [0.15, 0.2) is 70.9 Å². The SMILES string of the molecule is Cn1ncc2c(-c3cccnc3Nc3cc(Cl)cc4c(C(=O)NCC(=O)N5CCC6=C5CC(C)(C)C=C6)noc34)ncnc21. The lowest BCUT2D eigenvalue weighted by Crippen LogP contribution is -2.39. The van der Waals surface area contributed by atoms with Crippen molar-refractivity contribution in [2.24, 2.45) is 12.5 Å². The van der Waals surface area contributed by atoms with E-state index in [1.807, 2.05) is 19.2 Å². The van der Waals surface area contributed by atoms with Gasteiger partial charge >= 0.3 is 0 Å². The number of hydrogen-bond donors (Lipinski definition) is 2. The van der Waals surface area contributed by atoms with Gasteiger partial charge in [-0.1, -0.05) is 42.8 Å². The molecular weight excluding hydrogens is 582 g/mol. The number of benzene rings is 1. The number of halogens is 1. The Kier molecular flexibility index (Phi) is 6.65. The molecule has 12 nitrogen and oxygen atoms in total. The number of aryl methyl sites for hydroxylation is 1. The second-order valence-corrected chi connectivity index (χ2v) is 12.0. The number of pyridine rings is 1. The molecule has 0 fully saturated rings. The van der Waals surface area contributed by atoms with Gasteiger partial charge in [0.25, 0.3) is 5.91 Å². The van der Waals surface area contributed by atoms with Crippen molar-refractivity contribution in [2.75, 3.05) is 18.4 Å². The Morgan fingerprint density at radius 3 is 2.89 bits per heavy atom. The third kappa shape index (κ3) is 4.86. The van der Waals surface area contributed by atoms with Crippen molar-refractivity contribution < 1.29 is 14.1 Å². The van der Waals surface area contributed by atoms with E-state index in [2.05, 4.69) is 61.8 Å². The Hall–Kier alpha value is -5.10. The fourth-order valence-electron chi connectivity index (χ4n) is 5.77. The first-order chi connectivity index (χ1) is 21.2. The van der Waals surface area contributed by atoms with Crippen molar-refractivity contribution in [3.05, 3.63) is 77.1 Å². The predicted molar refractivity (Wildman–Crippen MR) is 165 cm³/mol. The quantitative estimate of drug-likeness (QED) is 0.266. The molecule has 7 rings (SSSR count). The Morgan fingerprint density at radius 1 is 1.16 bits per heavy atom. The van der Waals surface area contributed by atoms with E-state index >= 15 is 0 Å². The number of allylic oxidation sites excluding steroid dienone is 3. The van der Waals surface area contributed by atoms with E-state index in [1.54, 1.807) is 34.1 Å². The summed E-state index contributed by atoms with van der Waals surface area (Å²) in [4.78, 5) is 41.5. The summed E-state index contributed by atoms with van der Waals surface area (Å²) in [6, 6.07) is 6.96. The first-order valence-corrected chi connectivity index (χ1v) is 14.5. The number of rotatable bonds is 6. The fourth-order valence-corrected chi connectivity index (χ4v) is 5.98. The second kappa shape index (κ2) is 10.6. The van der Waals surface area contributed by atoms with Gasteiger partial charge in [-0.25, -0.2) is 15.0 Å². The molecule has 0 saturated heterocycles. The van der Waals surface area contributed by atoms with Gasteiger partial charge in [-0.05, 0) is 48.1 Å². The van der Waals surface area contributed by atoms with Crippen LogP contribution in [-0.4, -0.2) is 59.7 Å². The van der Waals surface area contributed by atoms with Crippen molar-refractivity contribution >= 4 is 56.9 Å². The van der Waals surface area contributed by atoms with Crippen LogP contribution in [0.5, 0.6) is 0 Å². The molecule has 0 saturated carbocycles. The summed E-state index contributed by atoms with van der Waals surface area (Å²) < 4.78 is 7.31. The van der Waals surface area contributed by atoms with Gasteiger partial charge in [0.2, 0.25) is 5.91 Å². The van der Waals surface area contributed by atoms with Gasteiger partial charge in [0.05, 0.1) is 34.9 Å². The maximum Gasteiger partial charge on any atom is 0.274 e. The second-order valence-electron chi connectivity index (χ2n) is 11.6.